The molecule has 1 aliphatic carbocycles. The Morgan fingerprint density at radius 3 is 2.70 bits per heavy atom. The molecule has 0 unspecified atom stereocenters. The summed E-state index contributed by atoms with van der Waals surface area (Å²) in [6.07, 6.45) is 10.7. The molecule has 5 nitrogen and oxygen atoms in total. The van der Waals surface area contributed by atoms with E-state index < -0.39 is 0 Å². The summed E-state index contributed by atoms with van der Waals surface area (Å²) in [5.74, 6) is 0. The van der Waals surface area contributed by atoms with Gasteiger partial charge >= 0.3 is 0 Å². The van der Waals surface area contributed by atoms with Gasteiger partial charge in [0, 0.05) is 41.1 Å². The van der Waals surface area contributed by atoms with Crippen molar-refractivity contribution in [3.05, 3.63) is 75.5 Å². The van der Waals surface area contributed by atoms with Crippen LogP contribution in [-0.2, 0) is 25.8 Å². The van der Waals surface area contributed by atoms with E-state index in [9.17, 15) is 4.79 Å². The Hall–Kier alpha value is -2.86. The topological polar surface area (TPSA) is 60.7 Å². The summed E-state index contributed by atoms with van der Waals surface area (Å²) < 4.78 is 2.49. The number of fused-ring (bicyclic) bond motifs is 2. The summed E-state index contributed by atoms with van der Waals surface area (Å²) in [5, 5.41) is 7.16. The van der Waals surface area contributed by atoms with Gasteiger partial charge in [-0.15, -0.1) is 11.3 Å². The highest BCUT2D eigenvalue weighted by Crippen LogP contribution is 2.30. The van der Waals surface area contributed by atoms with Crippen LogP contribution in [0.1, 0.15) is 43.6 Å². The second-order valence-corrected chi connectivity index (χ2v) is 8.07. The minimum atomic E-state index is -0.0384. The van der Waals surface area contributed by atoms with Crippen LogP contribution >= 0.6 is 11.3 Å². The highest BCUT2D eigenvalue weighted by atomic mass is 32.1. The number of hydrogen-bond donors (Lipinski definition) is 0. The van der Waals surface area contributed by atoms with Crippen LogP contribution in [0.3, 0.4) is 0 Å². The number of thiophene rings is 1. The molecular weight excluding hydrogens is 392 g/mol. The van der Waals surface area contributed by atoms with Crippen molar-refractivity contribution in [2.45, 2.75) is 52.5 Å². The van der Waals surface area contributed by atoms with Crippen LogP contribution in [0, 0.1) is 0 Å². The van der Waals surface area contributed by atoms with E-state index in [0.717, 1.165) is 39.7 Å². The molecule has 1 aliphatic rings. The van der Waals surface area contributed by atoms with Gasteiger partial charge in [0.2, 0.25) is 0 Å². The molecule has 6 heteroatoms. The molecule has 0 fully saturated rings. The Kier molecular flexibility index (Phi) is 6.33. The molecule has 0 saturated carbocycles. The smallest absolute Gasteiger partial charge is 0.267 e. The summed E-state index contributed by atoms with van der Waals surface area (Å²) in [6, 6.07) is 8.17. The van der Waals surface area contributed by atoms with Crippen molar-refractivity contribution in [3.63, 3.8) is 0 Å². The monoisotopic (exact) mass is 418 g/mol. The minimum absolute atomic E-state index is 0.0384. The largest absolute Gasteiger partial charge is 0.276 e. The summed E-state index contributed by atoms with van der Waals surface area (Å²) >= 11 is 1.55. The molecule has 4 heterocycles. The summed E-state index contributed by atoms with van der Waals surface area (Å²) in [5.41, 5.74) is 5.57. The van der Waals surface area contributed by atoms with Gasteiger partial charge in [-0.05, 0) is 55.0 Å². The standard InChI is InChI=1S/C22H20N4OS.C2H6/c27-22-21-18(15-7-10-23-11-8-15)14-28-20(21)13-24-26(22)12-9-17-6-5-16-3-1-2-4-19(16)25-17;1-2/h5-8,10-11,13-14H,1-4,9,12H2;1-2H3. The van der Waals surface area contributed by atoms with E-state index in [0.29, 0.717) is 13.0 Å². The van der Waals surface area contributed by atoms with Gasteiger partial charge in [0.25, 0.3) is 5.56 Å². The van der Waals surface area contributed by atoms with Gasteiger partial charge in [0.05, 0.1) is 22.8 Å². The average Bonchev–Trinajstić information content (AvgIpc) is 3.25. The molecule has 4 aromatic heterocycles. The molecule has 0 bridgehead atoms. The molecule has 0 aliphatic heterocycles. The number of nitrogens with zero attached hydrogens (tertiary/aromatic N) is 4. The number of aromatic nitrogens is 4. The second kappa shape index (κ2) is 9.30. The molecule has 0 radical (unpaired) electrons. The lowest BCUT2D eigenvalue weighted by Crippen LogP contribution is -2.24. The molecule has 0 N–H and O–H groups in total. The van der Waals surface area contributed by atoms with Gasteiger partial charge in [0.15, 0.2) is 0 Å². The fraction of sp³-hybridized carbons (Fsp3) is 0.333. The first-order valence-corrected chi connectivity index (χ1v) is 11.5. The third kappa shape index (κ3) is 4.05. The SMILES string of the molecule is CC.O=c1c2c(-c3ccncc3)csc2cnn1CCc1ccc2c(n1)CCCC2. The quantitative estimate of drug-likeness (QED) is 0.465. The first kappa shape index (κ1) is 20.4. The van der Waals surface area contributed by atoms with E-state index in [2.05, 4.69) is 22.2 Å². The lowest BCUT2D eigenvalue weighted by molar-refractivity contribution is 0.576. The predicted molar refractivity (Wildman–Crippen MR) is 123 cm³/mol. The van der Waals surface area contributed by atoms with Gasteiger partial charge in [-0.2, -0.15) is 5.10 Å². The Balaban J connectivity index is 0.00000106. The molecule has 4 aromatic rings. The minimum Gasteiger partial charge on any atom is -0.267 e. The lowest BCUT2D eigenvalue weighted by Gasteiger charge is -2.15. The summed E-state index contributed by atoms with van der Waals surface area (Å²) in [6.45, 7) is 4.53. The zero-order valence-corrected chi connectivity index (χ0v) is 18.3. The van der Waals surface area contributed by atoms with Crippen LogP contribution < -0.4 is 5.56 Å². The van der Waals surface area contributed by atoms with E-state index in [-0.39, 0.29) is 5.56 Å². The second-order valence-electron chi connectivity index (χ2n) is 7.16. The molecule has 0 aromatic carbocycles. The number of pyridine rings is 2. The van der Waals surface area contributed by atoms with E-state index in [1.165, 1.54) is 24.1 Å². The predicted octanol–water partition coefficient (Wildman–Crippen LogP) is 5.06. The van der Waals surface area contributed by atoms with Gasteiger partial charge in [-0.1, -0.05) is 19.9 Å². The van der Waals surface area contributed by atoms with Gasteiger partial charge in [-0.3, -0.25) is 14.8 Å². The summed E-state index contributed by atoms with van der Waals surface area (Å²) in [4.78, 5) is 22.0. The van der Waals surface area contributed by atoms with Gasteiger partial charge in [-0.25, -0.2) is 4.68 Å². The molecule has 30 heavy (non-hydrogen) atoms. The highest BCUT2D eigenvalue weighted by Gasteiger charge is 2.14. The van der Waals surface area contributed by atoms with Crippen molar-refractivity contribution in [1.82, 2.24) is 19.7 Å². The van der Waals surface area contributed by atoms with Gasteiger partial charge in [0.1, 0.15) is 0 Å². The fourth-order valence-electron chi connectivity index (χ4n) is 3.88. The van der Waals surface area contributed by atoms with Crippen molar-refractivity contribution in [2.24, 2.45) is 0 Å². The number of rotatable bonds is 4. The third-order valence-electron chi connectivity index (χ3n) is 5.39. The van der Waals surface area contributed by atoms with Gasteiger partial charge < -0.3 is 0 Å². The van der Waals surface area contributed by atoms with Crippen LogP contribution in [0.25, 0.3) is 21.2 Å². The van der Waals surface area contributed by atoms with Crippen LogP contribution in [-0.4, -0.2) is 19.7 Å². The van der Waals surface area contributed by atoms with Crippen molar-refractivity contribution in [2.75, 3.05) is 0 Å². The maximum atomic E-state index is 13.1. The van der Waals surface area contributed by atoms with E-state index in [1.807, 2.05) is 31.4 Å². The molecule has 0 saturated heterocycles. The van der Waals surface area contributed by atoms with Crippen LogP contribution in [0.2, 0.25) is 0 Å². The zero-order valence-electron chi connectivity index (χ0n) is 17.5. The first-order valence-electron chi connectivity index (χ1n) is 10.6. The van der Waals surface area contributed by atoms with E-state index in [1.54, 1.807) is 34.6 Å². The third-order valence-corrected chi connectivity index (χ3v) is 6.31. The van der Waals surface area contributed by atoms with E-state index in [4.69, 9.17) is 4.98 Å². The van der Waals surface area contributed by atoms with Crippen LogP contribution in [0.5, 0.6) is 0 Å². The van der Waals surface area contributed by atoms with Crippen molar-refractivity contribution in [1.29, 1.82) is 0 Å². The first-order chi connectivity index (χ1) is 14.8. The maximum Gasteiger partial charge on any atom is 0.276 e. The summed E-state index contributed by atoms with van der Waals surface area (Å²) in [7, 11) is 0. The molecule has 0 amide bonds. The zero-order chi connectivity index (χ0) is 20.9. The maximum absolute atomic E-state index is 13.1. The average molecular weight is 419 g/mol. The Morgan fingerprint density at radius 1 is 1.07 bits per heavy atom. The molecule has 0 atom stereocenters. The lowest BCUT2D eigenvalue weighted by atomic mass is 9.96. The Bertz CT molecular complexity index is 1200. The normalized spacial score (nSPS) is 12.9. The molecule has 5 rings (SSSR count). The number of hydrogen-bond acceptors (Lipinski definition) is 5. The Labute approximate surface area is 180 Å². The fourth-order valence-corrected chi connectivity index (χ4v) is 4.80. The van der Waals surface area contributed by atoms with Crippen molar-refractivity contribution in [3.8, 4) is 11.1 Å². The highest BCUT2D eigenvalue weighted by molar-refractivity contribution is 7.17. The molecule has 154 valence electrons. The Morgan fingerprint density at radius 2 is 1.87 bits per heavy atom. The molecule has 0 spiro atoms. The molecular formula is C24H26N4OS. The van der Waals surface area contributed by atoms with E-state index >= 15 is 0 Å². The number of aryl methyl sites for hydroxylation is 4. The van der Waals surface area contributed by atoms with Crippen molar-refractivity contribution < 1.29 is 0 Å². The van der Waals surface area contributed by atoms with Crippen molar-refractivity contribution >= 4 is 21.4 Å². The van der Waals surface area contributed by atoms with Crippen LogP contribution in [0.15, 0.2) is 53.0 Å². The van der Waals surface area contributed by atoms with Crippen LogP contribution in [0.4, 0.5) is 0 Å².